The van der Waals surface area contributed by atoms with E-state index in [9.17, 15) is 0 Å². The monoisotopic (exact) mass is 189 g/mol. The lowest BCUT2D eigenvalue weighted by atomic mass is 9.86. The third kappa shape index (κ3) is 2.58. The van der Waals surface area contributed by atoms with Gasteiger partial charge < -0.3 is 5.11 Å². The molecule has 2 heteroatoms. The molecule has 2 atom stereocenters. The first-order valence-electron chi connectivity index (χ1n) is 4.85. The summed E-state index contributed by atoms with van der Waals surface area (Å²) in [4.78, 5) is 0. The molecule has 2 nitrogen and oxygen atoms in total. The Hall–Kier alpha value is -1.33. The molecule has 1 rings (SSSR count). The maximum absolute atomic E-state index is 8.93. The highest BCUT2D eigenvalue weighted by Crippen LogP contribution is 2.26. The Kier molecular flexibility index (Phi) is 4.15. The first-order chi connectivity index (χ1) is 6.79. The molecular formula is C12H15NO. The molecule has 1 aromatic rings. The van der Waals surface area contributed by atoms with Gasteiger partial charge in [0.1, 0.15) is 0 Å². The van der Waals surface area contributed by atoms with Gasteiger partial charge in [0, 0.05) is 12.5 Å². The van der Waals surface area contributed by atoms with Crippen molar-refractivity contribution in [1.82, 2.24) is 0 Å². The van der Waals surface area contributed by atoms with E-state index in [1.807, 2.05) is 37.3 Å². The normalized spacial score (nSPS) is 14.4. The summed E-state index contributed by atoms with van der Waals surface area (Å²) in [5.41, 5.74) is 1.13. The molecule has 0 amide bonds. The molecule has 0 aliphatic carbocycles. The van der Waals surface area contributed by atoms with E-state index in [-0.39, 0.29) is 18.4 Å². The summed E-state index contributed by atoms with van der Waals surface area (Å²) in [6.45, 7) is 2.03. The van der Waals surface area contributed by atoms with E-state index in [1.165, 1.54) is 0 Å². The van der Waals surface area contributed by atoms with E-state index in [0.717, 1.165) is 5.56 Å². The highest BCUT2D eigenvalue weighted by Gasteiger charge is 2.17. The molecule has 0 heterocycles. The van der Waals surface area contributed by atoms with Crippen molar-refractivity contribution in [3.63, 3.8) is 0 Å². The average molecular weight is 189 g/mol. The predicted octanol–water partition coefficient (Wildman–Crippen LogP) is 2.31. The van der Waals surface area contributed by atoms with Crippen molar-refractivity contribution in [3.05, 3.63) is 35.9 Å². The van der Waals surface area contributed by atoms with Crippen molar-refractivity contribution in [2.45, 2.75) is 19.3 Å². The van der Waals surface area contributed by atoms with Crippen molar-refractivity contribution in [2.75, 3.05) is 6.61 Å². The molecule has 0 saturated heterocycles. The summed E-state index contributed by atoms with van der Waals surface area (Å²) >= 11 is 0. The number of aliphatic hydroxyl groups excluding tert-OH is 1. The zero-order valence-corrected chi connectivity index (χ0v) is 8.35. The molecule has 0 aromatic heterocycles. The van der Waals surface area contributed by atoms with Gasteiger partial charge in [-0.15, -0.1) is 0 Å². The van der Waals surface area contributed by atoms with Crippen molar-refractivity contribution in [2.24, 2.45) is 5.92 Å². The van der Waals surface area contributed by atoms with Crippen LogP contribution in [0.3, 0.4) is 0 Å². The Balaban J connectivity index is 2.84. The van der Waals surface area contributed by atoms with Gasteiger partial charge in [0.2, 0.25) is 0 Å². The highest BCUT2D eigenvalue weighted by atomic mass is 16.3. The number of nitriles is 1. The third-order valence-corrected chi connectivity index (χ3v) is 2.48. The largest absolute Gasteiger partial charge is 0.396 e. The average Bonchev–Trinajstić information content (AvgIpc) is 2.26. The van der Waals surface area contributed by atoms with E-state index >= 15 is 0 Å². The Morgan fingerprint density at radius 1 is 1.36 bits per heavy atom. The maximum atomic E-state index is 8.93. The number of benzene rings is 1. The van der Waals surface area contributed by atoms with Crippen LogP contribution < -0.4 is 0 Å². The number of hydrogen-bond acceptors (Lipinski definition) is 2. The number of hydrogen-bond donors (Lipinski definition) is 1. The van der Waals surface area contributed by atoms with Gasteiger partial charge in [-0.25, -0.2) is 0 Å². The molecule has 74 valence electrons. The van der Waals surface area contributed by atoms with Crippen LogP contribution in [0.2, 0.25) is 0 Å². The predicted molar refractivity (Wildman–Crippen MR) is 55.7 cm³/mol. The van der Waals surface area contributed by atoms with Crippen molar-refractivity contribution in [1.29, 1.82) is 5.26 Å². The lowest BCUT2D eigenvalue weighted by molar-refractivity contribution is 0.266. The van der Waals surface area contributed by atoms with E-state index in [0.29, 0.717) is 6.42 Å². The summed E-state index contributed by atoms with van der Waals surface area (Å²) in [6.07, 6.45) is 0.652. The third-order valence-electron chi connectivity index (χ3n) is 2.48. The smallest absolute Gasteiger partial charge is 0.0659 e. The van der Waals surface area contributed by atoms with Crippen molar-refractivity contribution >= 4 is 0 Å². The topological polar surface area (TPSA) is 44.0 Å². The van der Waals surface area contributed by atoms with Gasteiger partial charge in [0.25, 0.3) is 0 Å². The lowest BCUT2D eigenvalue weighted by Crippen LogP contribution is -2.09. The zero-order valence-electron chi connectivity index (χ0n) is 8.35. The van der Waals surface area contributed by atoms with Gasteiger partial charge in [-0.1, -0.05) is 30.3 Å². The van der Waals surface area contributed by atoms with E-state index in [2.05, 4.69) is 6.07 Å². The first-order valence-corrected chi connectivity index (χ1v) is 4.85. The second-order valence-electron chi connectivity index (χ2n) is 3.45. The van der Waals surface area contributed by atoms with E-state index in [1.54, 1.807) is 0 Å². The molecule has 14 heavy (non-hydrogen) atoms. The quantitative estimate of drug-likeness (QED) is 0.789. The van der Waals surface area contributed by atoms with E-state index in [4.69, 9.17) is 10.4 Å². The molecular weight excluding hydrogens is 174 g/mol. The Morgan fingerprint density at radius 3 is 2.50 bits per heavy atom. The van der Waals surface area contributed by atoms with Crippen molar-refractivity contribution in [3.8, 4) is 6.07 Å². The second-order valence-corrected chi connectivity index (χ2v) is 3.45. The van der Waals surface area contributed by atoms with Crippen LogP contribution in [-0.2, 0) is 0 Å². The molecule has 1 aromatic carbocycles. The van der Waals surface area contributed by atoms with Crippen LogP contribution in [0.25, 0.3) is 0 Å². The van der Waals surface area contributed by atoms with Crippen molar-refractivity contribution < 1.29 is 5.11 Å². The maximum Gasteiger partial charge on any atom is 0.0659 e. The fourth-order valence-corrected chi connectivity index (χ4v) is 1.63. The zero-order chi connectivity index (χ0) is 10.4. The fourth-order valence-electron chi connectivity index (χ4n) is 1.63. The summed E-state index contributed by atoms with van der Waals surface area (Å²) in [6, 6.07) is 12.1. The summed E-state index contributed by atoms with van der Waals surface area (Å²) in [5, 5.41) is 17.8. The number of nitrogens with zero attached hydrogens (tertiary/aromatic N) is 1. The first kappa shape index (κ1) is 10.7. The van der Waals surface area contributed by atoms with Crippen LogP contribution in [-0.4, -0.2) is 11.7 Å². The Bertz CT molecular complexity index is 302. The second kappa shape index (κ2) is 5.41. The SMILES string of the molecule is CC(C#N)C(CCO)c1ccccc1. The number of aliphatic hydroxyl groups is 1. The van der Waals surface area contributed by atoms with Crippen LogP contribution >= 0.6 is 0 Å². The van der Waals surface area contributed by atoms with Gasteiger partial charge in [-0.2, -0.15) is 5.26 Å². The molecule has 0 radical (unpaired) electrons. The highest BCUT2D eigenvalue weighted by molar-refractivity contribution is 5.21. The van der Waals surface area contributed by atoms with Crippen LogP contribution in [0.5, 0.6) is 0 Å². The summed E-state index contributed by atoms with van der Waals surface area (Å²) in [7, 11) is 0. The minimum absolute atomic E-state index is 0.0513. The minimum atomic E-state index is -0.0513. The van der Waals surface area contributed by atoms with Crippen LogP contribution in [0.4, 0.5) is 0 Å². The standard InChI is InChI=1S/C12H15NO/c1-10(9-13)12(7-8-14)11-5-3-2-4-6-11/h2-6,10,12,14H,7-8H2,1H3. The van der Waals surface area contributed by atoms with Crippen LogP contribution in [0, 0.1) is 17.2 Å². The summed E-state index contributed by atoms with van der Waals surface area (Å²) < 4.78 is 0. The van der Waals surface area contributed by atoms with Gasteiger partial charge in [-0.05, 0) is 18.9 Å². The van der Waals surface area contributed by atoms with Gasteiger partial charge in [-0.3, -0.25) is 0 Å². The van der Waals surface area contributed by atoms with Crippen LogP contribution in [0.15, 0.2) is 30.3 Å². The fraction of sp³-hybridized carbons (Fsp3) is 0.417. The van der Waals surface area contributed by atoms with Gasteiger partial charge in [0.15, 0.2) is 0 Å². The summed E-state index contributed by atoms with van der Waals surface area (Å²) in [5.74, 6) is 0.0933. The molecule has 0 spiro atoms. The van der Waals surface area contributed by atoms with Gasteiger partial charge >= 0.3 is 0 Å². The molecule has 0 fully saturated rings. The lowest BCUT2D eigenvalue weighted by Gasteiger charge is -2.18. The van der Waals surface area contributed by atoms with Crippen LogP contribution in [0.1, 0.15) is 24.8 Å². The molecule has 1 N–H and O–H groups in total. The minimum Gasteiger partial charge on any atom is -0.396 e. The molecule has 0 aliphatic rings. The molecule has 2 unspecified atom stereocenters. The number of rotatable bonds is 4. The molecule has 0 bridgehead atoms. The Morgan fingerprint density at radius 2 is 2.00 bits per heavy atom. The van der Waals surface area contributed by atoms with Gasteiger partial charge in [0.05, 0.1) is 12.0 Å². The molecule has 0 saturated carbocycles. The molecule has 0 aliphatic heterocycles. The Labute approximate surface area is 84.8 Å². The van der Waals surface area contributed by atoms with E-state index < -0.39 is 0 Å².